The molecule has 4 aromatic rings. The highest BCUT2D eigenvalue weighted by atomic mass is 16.5. The number of aromatic nitrogens is 2. The van der Waals surface area contributed by atoms with Gasteiger partial charge in [-0.3, -0.25) is 14.0 Å². The summed E-state index contributed by atoms with van der Waals surface area (Å²) in [5.41, 5.74) is 2.13. The van der Waals surface area contributed by atoms with Crippen molar-refractivity contribution in [2.45, 2.75) is 13.1 Å². The Morgan fingerprint density at radius 3 is 2.24 bits per heavy atom. The Bertz CT molecular complexity index is 1450. The molecule has 2 heterocycles. The maximum atomic E-state index is 13.7. The number of methoxy groups -OCH3 is 1. The normalized spacial score (nSPS) is 11.2. The van der Waals surface area contributed by atoms with Gasteiger partial charge in [-0.25, -0.2) is 4.98 Å². The molecule has 8 nitrogen and oxygen atoms in total. The number of nitrogens with one attached hydrogen (secondary N) is 1. The second kappa shape index (κ2) is 12.3. The monoisotopic (exact) mass is 493 g/mol. The molecule has 0 spiro atoms. The van der Waals surface area contributed by atoms with Gasteiger partial charge in [0.15, 0.2) is 0 Å². The van der Waals surface area contributed by atoms with Crippen LogP contribution in [0.25, 0.3) is 11.7 Å². The molecule has 186 valence electrons. The highest BCUT2D eigenvalue weighted by Gasteiger charge is 2.20. The number of benzene rings is 2. The predicted octanol–water partition coefficient (Wildman–Crippen LogP) is 3.57. The number of hydrogen-bond acceptors (Lipinski definition) is 6. The first-order chi connectivity index (χ1) is 18.1. The van der Waals surface area contributed by atoms with Gasteiger partial charge in [-0.15, -0.1) is 0 Å². The Hall–Kier alpha value is -4.74. The summed E-state index contributed by atoms with van der Waals surface area (Å²) in [6, 6.07) is 27.0. The van der Waals surface area contributed by atoms with Gasteiger partial charge < -0.3 is 15.0 Å². The van der Waals surface area contributed by atoms with Gasteiger partial charge in [0.2, 0.25) is 0 Å². The third-order valence-corrected chi connectivity index (χ3v) is 5.73. The van der Waals surface area contributed by atoms with E-state index in [0.29, 0.717) is 31.2 Å². The van der Waals surface area contributed by atoms with Gasteiger partial charge in [0.1, 0.15) is 23.1 Å². The fourth-order valence-electron chi connectivity index (χ4n) is 3.93. The van der Waals surface area contributed by atoms with Gasteiger partial charge in [0, 0.05) is 32.9 Å². The van der Waals surface area contributed by atoms with Crippen molar-refractivity contribution in [2.75, 3.05) is 25.2 Å². The van der Waals surface area contributed by atoms with Crippen LogP contribution >= 0.6 is 0 Å². The number of nitriles is 1. The van der Waals surface area contributed by atoms with Gasteiger partial charge in [0.25, 0.3) is 11.5 Å². The van der Waals surface area contributed by atoms with Crippen molar-refractivity contribution >= 4 is 23.4 Å². The molecule has 4 rings (SSSR count). The highest BCUT2D eigenvalue weighted by Crippen LogP contribution is 2.24. The van der Waals surface area contributed by atoms with Gasteiger partial charge >= 0.3 is 0 Å². The first kappa shape index (κ1) is 25.4. The van der Waals surface area contributed by atoms with Crippen LogP contribution in [0, 0.1) is 11.3 Å². The van der Waals surface area contributed by atoms with Gasteiger partial charge in [0.05, 0.1) is 12.2 Å². The number of rotatable bonds is 10. The Balaban J connectivity index is 1.87. The molecule has 0 aliphatic rings. The van der Waals surface area contributed by atoms with Crippen LogP contribution in [-0.2, 0) is 22.6 Å². The van der Waals surface area contributed by atoms with Gasteiger partial charge in [-0.05, 0) is 29.3 Å². The lowest BCUT2D eigenvalue weighted by atomic mass is 10.1. The van der Waals surface area contributed by atoms with Crippen molar-refractivity contribution in [3.05, 3.63) is 118 Å². The molecule has 1 N–H and O–H groups in total. The maximum absolute atomic E-state index is 13.7. The minimum atomic E-state index is -0.583. The summed E-state index contributed by atoms with van der Waals surface area (Å²) >= 11 is 0. The van der Waals surface area contributed by atoms with Crippen molar-refractivity contribution in [1.29, 1.82) is 5.26 Å². The van der Waals surface area contributed by atoms with E-state index < -0.39 is 5.91 Å². The zero-order chi connectivity index (χ0) is 26.0. The zero-order valence-corrected chi connectivity index (χ0v) is 20.5. The van der Waals surface area contributed by atoms with Crippen LogP contribution in [0.2, 0.25) is 0 Å². The molecule has 0 unspecified atom stereocenters. The number of carbonyl (C=O) groups is 1. The summed E-state index contributed by atoms with van der Waals surface area (Å²) in [4.78, 5) is 33.2. The molecule has 0 radical (unpaired) electrons. The molecule has 0 saturated heterocycles. The molecular formula is C29H27N5O3. The Labute approximate surface area is 215 Å². The van der Waals surface area contributed by atoms with E-state index in [0.717, 1.165) is 11.1 Å². The molecule has 0 aliphatic heterocycles. The lowest BCUT2D eigenvalue weighted by Gasteiger charge is -2.26. The lowest BCUT2D eigenvalue weighted by Crippen LogP contribution is -2.30. The molecule has 0 aliphatic carbocycles. The molecular weight excluding hydrogens is 466 g/mol. The summed E-state index contributed by atoms with van der Waals surface area (Å²) in [7, 11) is 1.52. The largest absolute Gasteiger partial charge is 0.383 e. The number of pyridine rings is 1. The predicted molar refractivity (Wildman–Crippen MR) is 143 cm³/mol. The lowest BCUT2D eigenvalue weighted by molar-refractivity contribution is -0.117. The van der Waals surface area contributed by atoms with Crippen molar-refractivity contribution in [3.8, 4) is 6.07 Å². The molecule has 0 fully saturated rings. The van der Waals surface area contributed by atoms with E-state index in [2.05, 4.69) is 5.32 Å². The van der Waals surface area contributed by atoms with Crippen molar-refractivity contribution in [2.24, 2.45) is 0 Å². The fraction of sp³-hybridized carbons (Fsp3) is 0.172. The van der Waals surface area contributed by atoms with Crippen LogP contribution in [0.15, 0.2) is 95.4 Å². The van der Waals surface area contributed by atoms with Crippen LogP contribution in [0.1, 0.15) is 16.7 Å². The van der Waals surface area contributed by atoms with Crippen molar-refractivity contribution in [1.82, 2.24) is 14.7 Å². The van der Waals surface area contributed by atoms with E-state index in [1.165, 1.54) is 17.6 Å². The minimum absolute atomic E-state index is 0.161. The van der Waals surface area contributed by atoms with Crippen molar-refractivity contribution < 1.29 is 9.53 Å². The summed E-state index contributed by atoms with van der Waals surface area (Å²) < 4.78 is 6.38. The number of ether oxygens (including phenoxy) is 1. The smallest absolute Gasteiger partial charge is 0.267 e. The first-order valence-electron chi connectivity index (χ1n) is 11.8. The van der Waals surface area contributed by atoms with Crippen LogP contribution in [-0.4, -0.2) is 35.6 Å². The van der Waals surface area contributed by atoms with E-state index in [4.69, 9.17) is 9.72 Å². The Morgan fingerprint density at radius 1 is 1.03 bits per heavy atom. The quantitative estimate of drug-likeness (QED) is 0.206. The second-order valence-electron chi connectivity index (χ2n) is 8.33. The average molecular weight is 494 g/mol. The average Bonchev–Trinajstić information content (AvgIpc) is 2.93. The number of hydrogen-bond donors (Lipinski definition) is 1. The Kier molecular flexibility index (Phi) is 8.42. The van der Waals surface area contributed by atoms with Crippen LogP contribution in [0.4, 0.5) is 5.82 Å². The molecule has 1 amide bonds. The summed E-state index contributed by atoms with van der Waals surface area (Å²) in [5.74, 6) is -0.193. The summed E-state index contributed by atoms with van der Waals surface area (Å²) in [6.07, 6.45) is 2.95. The number of nitrogens with zero attached hydrogens (tertiary/aromatic N) is 4. The zero-order valence-electron chi connectivity index (χ0n) is 20.5. The highest BCUT2D eigenvalue weighted by molar-refractivity contribution is 6.02. The van der Waals surface area contributed by atoms with Crippen LogP contribution in [0.5, 0.6) is 0 Å². The van der Waals surface area contributed by atoms with Crippen LogP contribution in [0.3, 0.4) is 0 Å². The molecule has 0 bridgehead atoms. The third kappa shape index (κ3) is 6.28. The van der Waals surface area contributed by atoms with Gasteiger partial charge in [-0.2, -0.15) is 5.26 Å². The van der Waals surface area contributed by atoms with E-state index in [1.54, 1.807) is 18.3 Å². The maximum Gasteiger partial charge on any atom is 0.267 e. The van der Waals surface area contributed by atoms with E-state index >= 15 is 0 Å². The Morgan fingerprint density at radius 2 is 1.65 bits per heavy atom. The third-order valence-electron chi connectivity index (χ3n) is 5.73. The van der Waals surface area contributed by atoms with E-state index in [1.807, 2.05) is 77.7 Å². The van der Waals surface area contributed by atoms with Crippen molar-refractivity contribution in [3.63, 3.8) is 0 Å². The standard InChI is InChI=1S/C29H27N5O3/c1-37-17-15-31-28(35)24(19-30)18-25-27(32-26-14-8-9-16-34(26)29(25)36)33(20-22-10-4-2-5-11-22)21-23-12-6-3-7-13-23/h2-14,16,18H,15,17,20-21H2,1H3,(H,31,35). The molecule has 0 atom stereocenters. The molecule has 8 heteroatoms. The summed E-state index contributed by atoms with van der Waals surface area (Å²) in [5, 5.41) is 12.4. The van der Waals surface area contributed by atoms with E-state index in [-0.39, 0.29) is 23.2 Å². The topological polar surface area (TPSA) is 99.7 Å². The molecule has 2 aromatic heterocycles. The summed E-state index contributed by atoms with van der Waals surface area (Å²) in [6.45, 7) is 1.48. The first-order valence-corrected chi connectivity index (χ1v) is 11.8. The number of amides is 1. The molecule has 0 saturated carbocycles. The number of fused-ring (bicyclic) bond motifs is 1. The van der Waals surface area contributed by atoms with Gasteiger partial charge in [-0.1, -0.05) is 66.7 Å². The fourth-order valence-corrected chi connectivity index (χ4v) is 3.93. The SMILES string of the molecule is COCCNC(=O)C(C#N)=Cc1c(N(Cc2ccccc2)Cc2ccccc2)nc2ccccn2c1=O. The number of anilines is 1. The molecule has 2 aromatic carbocycles. The van der Waals surface area contributed by atoms with E-state index in [9.17, 15) is 14.9 Å². The number of carbonyl (C=O) groups excluding carboxylic acids is 1. The van der Waals surface area contributed by atoms with Crippen LogP contribution < -0.4 is 15.8 Å². The molecule has 37 heavy (non-hydrogen) atoms. The minimum Gasteiger partial charge on any atom is -0.383 e. The second-order valence-corrected chi connectivity index (χ2v) is 8.33.